The first-order chi connectivity index (χ1) is 14.7. The lowest BCUT2D eigenvalue weighted by atomic mass is 10.2. The molecule has 0 aliphatic rings. The van der Waals surface area contributed by atoms with Gasteiger partial charge in [0.25, 0.3) is 5.56 Å². The quantitative estimate of drug-likeness (QED) is 0.306. The smallest absolute Gasteiger partial charge is 0.278 e. The van der Waals surface area contributed by atoms with Gasteiger partial charge in [0.05, 0.1) is 11.3 Å². The van der Waals surface area contributed by atoms with E-state index in [1.165, 1.54) is 16.4 Å². The molecule has 152 valence electrons. The molecule has 0 fully saturated rings. The molecule has 4 aromatic rings. The van der Waals surface area contributed by atoms with Crippen molar-refractivity contribution in [2.75, 3.05) is 0 Å². The molecular weight excluding hydrogens is 424 g/mol. The van der Waals surface area contributed by atoms with Gasteiger partial charge in [0, 0.05) is 11.6 Å². The molecule has 2 aromatic carbocycles. The van der Waals surface area contributed by atoms with E-state index in [1.54, 1.807) is 48.5 Å². The molecule has 0 amide bonds. The predicted octanol–water partition coefficient (Wildman–Crippen LogP) is 3.55. The number of benzene rings is 2. The van der Waals surface area contributed by atoms with Crippen molar-refractivity contribution in [2.45, 2.75) is 24.2 Å². The molecule has 0 atom stereocenters. The zero-order valence-electron chi connectivity index (χ0n) is 15.8. The van der Waals surface area contributed by atoms with E-state index in [-0.39, 0.29) is 18.0 Å². The predicted molar refractivity (Wildman–Crippen MR) is 116 cm³/mol. The summed E-state index contributed by atoms with van der Waals surface area (Å²) in [5.74, 6) is 1.58. The van der Waals surface area contributed by atoms with Crippen LogP contribution >= 0.6 is 23.4 Å². The van der Waals surface area contributed by atoms with Gasteiger partial charge in [-0.2, -0.15) is 4.68 Å². The number of allylic oxidation sites excluding steroid dienone is 1. The zero-order chi connectivity index (χ0) is 20.9. The highest BCUT2D eigenvalue weighted by Gasteiger charge is 2.14. The van der Waals surface area contributed by atoms with Gasteiger partial charge in [0.2, 0.25) is 0 Å². The molecule has 10 heteroatoms. The lowest BCUT2D eigenvalue weighted by Crippen LogP contribution is -2.23. The average Bonchev–Trinajstić information content (AvgIpc) is 3.15. The van der Waals surface area contributed by atoms with Gasteiger partial charge in [-0.25, -0.2) is 0 Å². The maximum absolute atomic E-state index is 12.6. The number of halogens is 1. The number of hydrogen-bond acceptors (Lipinski definition) is 7. The number of thioether (sulfide) groups is 1. The van der Waals surface area contributed by atoms with Gasteiger partial charge in [0.1, 0.15) is 17.9 Å². The Hall–Kier alpha value is -3.17. The zero-order valence-corrected chi connectivity index (χ0v) is 17.4. The molecule has 0 saturated heterocycles. The standard InChI is InChI=1S/C20H17ClN6O2S/c1-2-11-26-18(12-29-15-9-7-14(21)8-10-15)23-24-20(26)30-13-27-19(28)16-5-3-4-6-17(16)22-25-27/h2-10H,1,11-13H2. The molecule has 4 rings (SSSR count). The molecule has 0 spiro atoms. The molecule has 8 nitrogen and oxygen atoms in total. The Labute approximate surface area is 181 Å². The van der Waals surface area contributed by atoms with Crippen molar-refractivity contribution in [1.29, 1.82) is 0 Å². The lowest BCUT2D eigenvalue weighted by molar-refractivity contribution is 0.289. The van der Waals surface area contributed by atoms with Crippen LogP contribution < -0.4 is 10.3 Å². The van der Waals surface area contributed by atoms with Crippen LogP contribution in [0.5, 0.6) is 5.75 Å². The van der Waals surface area contributed by atoms with Crippen molar-refractivity contribution in [1.82, 2.24) is 29.8 Å². The summed E-state index contributed by atoms with van der Waals surface area (Å²) in [5.41, 5.74) is 0.370. The van der Waals surface area contributed by atoms with Crippen LogP contribution in [-0.4, -0.2) is 29.8 Å². The van der Waals surface area contributed by atoms with Crippen LogP contribution in [0.25, 0.3) is 10.9 Å². The highest BCUT2D eigenvalue weighted by Crippen LogP contribution is 2.21. The van der Waals surface area contributed by atoms with Crippen LogP contribution in [0.4, 0.5) is 0 Å². The minimum Gasteiger partial charge on any atom is -0.486 e. The van der Waals surface area contributed by atoms with Crippen molar-refractivity contribution >= 4 is 34.3 Å². The van der Waals surface area contributed by atoms with E-state index < -0.39 is 0 Å². The molecule has 2 aromatic heterocycles. The van der Waals surface area contributed by atoms with Crippen molar-refractivity contribution < 1.29 is 4.74 Å². The van der Waals surface area contributed by atoms with Crippen molar-refractivity contribution in [2.24, 2.45) is 0 Å². The molecule has 0 aliphatic carbocycles. The Bertz CT molecular complexity index is 1240. The van der Waals surface area contributed by atoms with E-state index in [2.05, 4.69) is 27.1 Å². The second kappa shape index (κ2) is 9.10. The molecule has 0 unspecified atom stereocenters. The fourth-order valence-electron chi connectivity index (χ4n) is 2.75. The summed E-state index contributed by atoms with van der Waals surface area (Å²) in [4.78, 5) is 12.6. The summed E-state index contributed by atoms with van der Waals surface area (Å²) >= 11 is 7.23. The van der Waals surface area contributed by atoms with Crippen LogP contribution in [0.1, 0.15) is 5.82 Å². The second-order valence-corrected chi connectivity index (χ2v) is 7.57. The van der Waals surface area contributed by atoms with Crippen LogP contribution in [-0.2, 0) is 19.0 Å². The highest BCUT2D eigenvalue weighted by molar-refractivity contribution is 7.98. The Morgan fingerprint density at radius 1 is 1.10 bits per heavy atom. The van der Waals surface area contributed by atoms with Crippen LogP contribution in [0.2, 0.25) is 5.02 Å². The summed E-state index contributed by atoms with van der Waals surface area (Å²) in [6.45, 7) is 4.54. The molecule has 0 N–H and O–H groups in total. The highest BCUT2D eigenvalue weighted by atomic mass is 35.5. The minimum absolute atomic E-state index is 0.200. The third kappa shape index (κ3) is 4.37. The summed E-state index contributed by atoms with van der Waals surface area (Å²) in [6, 6.07) is 14.2. The van der Waals surface area contributed by atoms with E-state index in [0.717, 1.165) is 0 Å². The number of aromatic nitrogens is 6. The number of hydrogen-bond donors (Lipinski definition) is 0. The average molecular weight is 441 g/mol. The number of fused-ring (bicyclic) bond motifs is 1. The first-order valence-electron chi connectivity index (χ1n) is 9.02. The summed E-state index contributed by atoms with van der Waals surface area (Å²) < 4.78 is 8.97. The van der Waals surface area contributed by atoms with Gasteiger partial charge in [-0.05, 0) is 36.4 Å². The van der Waals surface area contributed by atoms with E-state index in [0.29, 0.717) is 39.2 Å². The van der Waals surface area contributed by atoms with Gasteiger partial charge in [0.15, 0.2) is 11.0 Å². The van der Waals surface area contributed by atoms with Gasteiger partial charge in [-0.3, -0.25) is 9.36 Å². The van der Waals surface area contributed by atoms with Crippen molar-refractivity contribution in [3.8, 4) is 5.75 Å². The second-order valence-electron chi connectivity index (χ2n) is 6.23. The topological polar surface area (TPSA) is 87.7 Å². The van der Waals surface area contributed by atoms with Crippen molar-refractivity contribution in [3.05, 3.63) is 82.4 Å². The maximum atomic E-state index is 12.6. The first-order valence-corrected chi connectivity index (χ1v) is 10.4. The molecule has 0 radical (unpaired) electrons. The Balaban J connectivity index is 1.50. The summed E-state index contributed by atoms with van der Waals surface area (Å²) in [6.07, 6.45) is 1.75. The molecule has 0 bridgehead atoms. The first kappa shape index (κ1) is 20.1. The Morgan fingerprint density at radius 2 is 1.90 bits per heavy atom. The third-order valence-electron chi connectivity index (χ3n) is 4.23. The van der Waals surface area contributed by atoms with Crippen LogP contribution in [0, 0.1) is 0 Å². The van der Waals surface area contributed by atoms with E-state index in [1.807, 2.05) is 10.6 Å². The largest absolute Gasteiger partial charge is 0.486 e. The van der Waals surface area contributed by atoms with Crippen molar-refractivity contribution in [3.63, 3.8) is 0 Å². The minimum atomic E-state index is -0.200. The normalized spacial score (nSPS) is 11.0. The van der Waals surface area contributed by atoms with E-state index in [9.17, 15) is 4.79 Å². The fraction of sp³-hybridized carbons (Fsp3) is 0.150. The molecule has 30 heavy (non-hydrogen) atoms. The Morgan fingerprint density at radius 3 is 2.70 bits per heavy atom. The summed E-state index contributed by atoms with van der Waals surface area (Å²) in [7, 11) is 0. The maximum Gasteiger partial charge on any atom is 0.278 e. The van der Waals surface area contributed by atoms with Gasteiger partial charge in [-0.1, -0.05) is 46.8 Å². The van der Waals surface area contributed by atoms with E-state index in [4.69, 9.17) is 16.3 Å². The van der Waals surface area contributed by atoms with Crippen LogP contribution in [0.15, 0.2) is 71.1 Å². The monoisotopic (exact) mass is 440 g/mol. The number of nitrogens with zero attached hydrogens (tertiary/aromatic N) is 6. The molecule has 0 aliphatic heterocycles. The van der Waals surface area contributed by atoms with Crippen LogP contribution in [0.3, 0.4) is 0 Å². The fourth-order valence-corrected chi connectivity index (χ4v) is 3.72. The number of ether oxygens (including phenoxy) is 1. The third-order valence-corrected chi connectivity index (χ3v) is 5.42. The van der Waals surface area contributed by atoms with Gasteiger partial charge in [-0.15, -0.1) is 21.9 Å². The molecule has 2 heterocycles. The van der Waals surface area contributed by atoms with Gasteiger partial charge >= 0.3 is 0 Å². The molecular formula is C20H17ClN6O2S. The Kier molecular flexibility index (Phi) is 6.10. The summed E-state index contributed by atoms with van der Waals surface area (Å²) in [5, 5.41) is 18.4. The SMILES string of the molecule is C=CCn1c(COc2ccc(Cl)cc2)nnc1SCn1nnc2ccccc2c1=O. The van der Waals surface area contributed by atoms with Gasteiger partial charge < -0.3 is 4.74 Å². The van der Waals surface area contributed by atoms with E-state index >= 15 is 0 Å². The molecule has 0 saturated carbocycles. The lowest BCUT2D eigenvalue weighted by Gasteiger charge is -2.09. The number of rotatable bonds is 8.